The van der Waals surface area contributed by atoms with Crippen molar-refractivity contribution in [1.82, 2.24) is 4.98 Å². The minimum atomic E-state index is -0.628. The van der Waals surface area contributed by atoms with Crippen LogP contribution >= 0.6 is 0 Å². The molecule has 2 atom stereocenters. The summed E-state index contributed by atoms with van der Waals surface area (Å²) in [6.07, 6.45) is 13.2. The van der Waals surface area contributed by atoms with E-state index in [4.69, 9.17) is 0 Å². The third-order valence-electron chi connectivity index (χ3n) is 4.13. The molecule has 1 aromatic heterocycles. The third kappa shape index (κ3) is 2.15. The van der Waals surface area contributed by atoms with Crippen LogP contribution < -0.4 is 0 Å². The molecule has 1 aromatic carbocycles. The van der Waals surface area contributed by atoms with E-state index in [1.54, 1.807) is 18.5 Å². The van der Waals surface area contributed by atoms with Gasteiger partial charge in [0.25, 0.3) is 0 Å². The zero-order chi connectivity index (χ0) is 15.6. The van der Waals surface area contributed by atoms with Gasteiger partial charge < -0.3 is 5.11 Å². The number of benzene rings is 1. The van der Waals surface area contributed by atoms with Crippen molar-refractivity contribution in [2.24, 2.45) is 5.92 Å². The highest BCUT2D eigenvalue weighted by Gasteiger charge is 2.40. The third-order valence-corrected chi connectivity index (χ3v) is 4.13. The van der Waals surface area contributed by atoms with Crippen molar-refractivity contribution in [3.8, 4) is 5.75 Å². The molecule has 3 heteroatoms. The highest BCUT2D eigenvalue weighted by molar-refractivity contribution is 5.54. The number of aromatic hydroxyl groups is 1. The standard InChI is InChI=1S/C19H16FNO/c1-2-14-5-3-4-10-19(14,15-8-11-21-12-9-15)17-7-6-16(20)13-18(17)22/h2-14,22H,1H2. The highest BCUT2D eigenvalue weighted by Crippen LogP contribution is 2.46. The molecule has 2 unspecified atom stereocenters. The van der Waals surface area contributed by atoms with E-state index in [0.29, 0.717) is 5.56 Å². The van der Waals surface area contributed by atoms with Crippen molar-refractivity contribution in [2.75, 3.05) is 0 Å². The SMILES string of the molecule is C=CC1C=CC=CC1(c1ccncc1)c1ccc(F)cc1O. The summed E-state index contributed by atoms with van der Waals surface area (Å²) in [7, 11) is 0. The number of allylic oxidation sites excluding steroid dienone is 5. The smallest absolute Gasteiger partial charge is 0.126 e. The fraction of sp³-hybridized carbons (Fsp3) is 0.105. The van der Waals surface area contributed by atoms with Crippen LogP contribution in [0.5, 0.6) is 5.75 Å². The first-order chi connectivity index (χ1) is 10.7. The molecule has 1 aliphatic carbocycles. The Morgan fingerprint density at radius 2 is 1.95 bits per heavy atom. The molecule has 1 aliphatic rings. The number of hydrogen-bond acceptors (Lipinski definition) is 2. The summed E-state index contributed by atoms with van der Waals surface area (Å²) in [4.78, 5) is 4.06. The first kappa shape index (κ1) is 14.3. The van der Waals surface area contributed by atoms with Crippen molar-refractivity contribution in [3.05, 3.63) is 96.6 Å². The molecule has 22 heavy (non-hydrogen) atoms. The number of nitrogens with zero attached hydrogens (tertiary/aromatic N) is 1. The van der Waals surface area contributed by atoms with Crippen molar-refractivity contribution >= 4 is 0 Å². The molecule has 3 rings (SSSR count). The van der Waals surface area contributed by atoms with E-state index >= 15 is 0 Å². The number of aromatic nitrogens is 1. The molecular weight excluding hydrogens is 277 g/mol. The number of phenols is 1. The van der Waals surface area contributed by atoms with E-state index in [-0.39, 0.29) is 11.7 Å². The fourth-order valence-electron chi connectivity index (χ4n) is 3.11. The van der Waals surface area contributed by atoms with E-state index in [9.17, 15) is 9.50 Å². The average Bonchev–Trinajstić information content (AvgIpc) is 2.55. The van der Waals surface area contributed by atoms with Gasteiger partial charge in [0.2, 0.25) is 0 Å². The largest absolute Gasteiger partial charge is 0.508 e. The van der Waals surface area contributed by atoms with Crippen LogP contribution in [0.25, 0.3) is 0 Å². The number of rotatable bonds is 3. The molecule has 0 fully saturated rings. The Kier molecular flexibility index (Phi) is 3.63. The summed E-state index contributed by atoms with van der Waals surface area (Å²) in [5.41, 5.74) is 0.984. The summed E-state index contributed by atoms with van der Waals surface area (Å²) in [6.45, 7) is 3.92. The summed E-state index contributed by atoms with van der Waals surface area (Å²) in [6, 6.07) is 7.95. The van der Waals surface area contributed by atoms with Gasteiger partial charge >= 0.3 is 0 Å². The predicted octanol–water partition coefficient (Wildman–Crippen LogP) is 4.14. The molecular formula is C19H16FNO. The second-order valence-corrected chi connectivity index (χ2v) is 5.27. The Labute approximate surface area is 129 Å². The molecule has 110 valence electrons. The van der Waals surface area contributed by atoms with Gasteiger partial charge in [-0.15, -0.1) is 6.58 Å². The molecule has 1 heterocycles. The molecule has 0 saturated carbocycles. The molecule has 0 aliphatic heterocycles. The molecule has 2 nitrogen and oxygen atoms in total. The zero-order valence-corrected chi connectivity index (χ0v) is 12.0. The molecule has 0 radical (unpaired) electrons. The van der Waals surface area contributed by atoms with Gasteiger partial charge in [0.1, 0.15) is 11.6 Å². The predicted molar refractivity (Wildman–Crippen MR) is 85.0 cm³/mol. The van der Waals surface area contributed by atoms with Crippen LogP contribution in [0.4, 0.5) is 4.39 Å². The van der Waals surface area contributed by atoms with Gasteiger partial charge in [-0.2, -0.15) is 0 Å². The first-order valence-corrected chi connectivity index (χ1v) is 7.06. The first-order valence-electron chi connectivity index (χ1n) is 7.06. The van der Waals surface area contributed by atoms with E-state index in [2.05, 4.69) is 11.6 Å². The summed E-state index contributed by atoms with van der Waals surface area (Å²) < 4.78 is 13.4. The van der Waals surface area contributed by atoms with Crippen LogP contribution in [0.2, 0.25) is 0 Å². The highest BCUT2D eigenvalue weighted by atomic mass is 19.1. The van der Waals surface area contributed by atoms with Crippen molar-refractivity contribution in [1.29, 1.82) is 0 Å². The summed E-state index contributed by atoms with van der Waals surface area (Å²) >= 11 is 0. The van der Waals surface area contributed by atoms with Gasteiger partial charge in [-0.05, 0) is 23.8 Å². The maximum Gasteiger partial charge on any atom is 0.126 e. The molecule has 0 amide bonds. The number of phenolic OH excluding ortho intramolecular Hbond substituents is 1. The molecule has 0 spiro atoms. The van der Waals surface area contributed by atoms with E-state index in [1.807, 2.05) is 42.5 Å². The van der Waals surface area contributed by atoms with E-state index < -0.39 is 11.2 Å². The van der Waals surface area contributed by atoms with Gasteiger partial charge in [0.15, 0.2) is 0 Å². The van der Waals surface area contributed by atoms with Crippen LogP contribution in [0.1, 0.15) is 11.1 Å². The molecule has 1 N–H and O–H groups in total. The monoisotopic (exact) mass is 293 g/mol. The van der Waals surface area contributed by atoms with Crippen molar-refractivity contribution < 1.29 is 9.50 Å². The molecule has 0 saturated heterocycles. The second kappa shape index (κ2) is 5.60. The Balaban J connectivity index is 2.30. The Morgan fingerprint density at radius 1 is 1.18 bits per heavy atom. The Hall–Kier alpha value is -2.68. The maximum absolute atomic E-state index is 13.4. The van der Waals surface area contributed by atoms with E-state index in [0.717, 1.165) is 11.6 Å². The fourth-order valence-corrected chi connectivity index (χ4v) is 3.11. The lowest BCUT2D eigenvalue weighted by atomic mass is 9.64. The summed E-state index contributed by atoms with van der Waals surface area (Å²) in [5.74, 6) is -0.587. The second-order valence-electron chi connectivity index (χ2n) is 5.27. The zero-order valence-electron chi connectivity index (χ0n) is 12.0. The Bertz CT molecular complexity index is 751. The minimum Gasteiger partial charge on any atom is -0.508 e. The van der Waals surface area contributed by atoms with Crippen molar-refractivity contribution in [3.63, 3.8) is 0 Å². The maximum atomic E-state index is 13.4. The topological polar surface area (TPSA) is 33.1 Å². The number of hydrogen-bond donors (Lipinski definition) is 1. The number of halogens is 1. The normalized spacial score (nSPS) is 23.4. The minimum absolute atomic E-state index is 0.0590. The van der Waals surface area contributed by atoms with Crippen molar-refractivity contribution in [2.45, 2.75) is 5.41 Å². The number of pyridine rings is 1. The van der Waals surface area contributed by atoms with Gasteiger partial charge in [0.05, 0.1) is 5.41 Å². The molecule has 0 bridgehead atoms. The van der Waals surface area contributed by atoms with Crippen LogP contribution in [-0.2, 0) is 5.41 Å². The van der Waals surface area contributed by atoms with Crippen LogP contribution in [-0.4, -0.2) is 10.1 Å². The van der Waals surface area contributed by atoms with Crippen LogP contribution in [0, 0.1) is 11.7 Å². The van der Waals surface area contributed by atoms with Gasteiger partial charge in [0, 0.05) is 29.9 Å². The lowest BCUT2D eigenvalue weighted by Gasteiger charge is -2.38. The van der Waals surface area contributed by atoms with E-state index in [1.165, 1.54) is 6.07 Å². The van der Waals surface area contributed by atoms with Crippen LogP contribution in [0.3, 0.4) is 0 Å². The van der Waals surface area contributed by atoms with Gasteiger partial charge in [-0.1, -0.05) is 36.4 Å². The lowest BCUT2D eigenvalue weighted by Crippen LogP contribution is -2.34. The van der Waals surface area contributed by atoms with Gasteiger partial charge in [-0.25, -0.2) is 4.39 Å². The lowest BCUT2D eigenvalue weighted by molar-refractivity contribution is 0.435. The summed E-state index contributed by atoms with van der Waals surface area (Å²) in [5, 5.41) is 10.3. The average molecular weight is 293 g/mol. The van der Waals surface area contributed by atoms with Crippen LogP contribution in [0.15, 0.2) is 79.7 Å². The molecule has 2 aromatic rings. The Morgan fingerprint density at radius 3 is 2.64 bits per heavy atom. The quantitative estimate of drug-likeness (QED) is 0.863. The van der Waals surface area contributed by atoms with Gasteiger partial charge in [-0.3, -0.25) is 4.98 Å².